The third kappa shape index (κ3) is 3.81. The van der Waals surface area contributed by atoms with Gasteiger partial charge in [-0.2, -0.15) is 0 Å². The third-order valence-electron chi connectivity index (χ3n) is 3.06. The second-order valence-electron chi connectivity index (χ2n) is 4.64. The van der Waals surface area contributed by atoms with Crippen LogP contribution in [0.3, 0.4) is 0 Å². The lowest BCUT2D eigenvalue weighted by Crippen LogP contribution is -2.27. The fraction of sp³-hybridized carbons (Fsp3) is 0.188. The summed E-state index contributed by atoms with van der Waals surface area (Å²) in [6.07, 6.45) is 0.251. The highest BCUT2D eigenvalue weighted by molar-refractivity contribution is 6.31. The highest BCUT2D eigenvalue weighted by Crippen LogP contribution is 2.17. The molecule has 2 rings (SSSR count). The van der Waals surface area contributed by atoms with Crippen LogP contribution >= 0.6 is 11.6 Å². The summed E-state index contributed by atoms with van der Waals surface area (Å²) in [5, 5.41) is 0.647. The summed E-state index contributed by atoms with van der Waals surface area (Å²) in [7, 11) is 1.73. The van der Waals surface area contributed by atoms with E-state index in [-0.39, 0.29) is 18.1 Å². The number of benzene rings is 2. The lowest BCUT2D eigenvalue weighted by Gasteiger charge is -2.18. The predicted molar refractivity (Wildman–Crippen MR) is 78.0 cm³/mol. The van der Waals surface area contributed by atoms with Gasteiger partial charge in [0.2, 0.25) is 5.91 Å². The fourth-order valence-electron chi connectivity index (χ4n) is 1.88. The molecule has 0 aliphatic carbocycles. The summed E-state index contributed by atoms with van der Waals surface area (Å²) >= 11 is 6.07. The average Bonchev–Trinajstić information content (AvgIpc) is 2.44. The van der Waals surface area contributed by atoms with Crippen molar-refractivity contribution in [2.75, 3.05) is 7.05 Å². The van der Waals surface area contributed by atoms with Crippen molar-refractivity contribution >= 4 is 17.5 Å². The highest BCUT2D eigenvalue weighted by atomic mass is 35.5. The largest absolute Gasteiger partial charge is 0.341 e. The van der Waals surface area contributed by atoms with Crippen LogP contribution in [0.5, 0.6) is 0 Å². The van der Waals surface area contributed by atoms with Crippen LogP contribution in [-0.2, 0) is 17.8 Å². The minimum absolute atomic E-state index is 0.0310. The monoisotopic (exact) mass is 291 g/mol. The predicted octanol–water partition coefficient (Wildman–Crippen LogP) is 3.68. The summed E-state index contributed by atoms with van der Waals surface area (Å²) in [6.45, 7) is 0.458. The minimum atomic E-state index is -0.300. The van der Waals surface area contributed by atoms with E-state index in [1.807, 2.05) is 18.2 Å². The second-order valence-corrected chi connectivity index (χ2v) is 5.05. The van der Waals surface area contributed by atoms with Gasteiger partial charge < -0.3 is 4.90 Å². The summed E-state index contributed by atoms with van der Waals surface area (Å²) in [4.78, 5) is 13.7. The number of hydrogen-bond acceptors (Lipinski definition) is 1. The Labute approximate surface area is 122 Å². The van der Waals surface area contributed by atoms with E-state index >= 15 is 0 Å². The maximum Gasteiger partial charge on any atom is 0.227 e. The Balaban J connectivity index is 1.99. The van der Waals surface area contributed by atoms with Crippen LogP contribution in [0.1, 0.15) is 11.1 Å². The molecule has 2 aromatic rings. The molecule has 4 heteroatoms. The molecular weight excluding hydrogens is 277 g/mol. The molecule has 0 unspecified atom stereocenters. The van der Waals surface area contributed by atoms with Gasteiger partial charge in [0.25, 0.3) is 0 Å². The molecule has 0 atom stereocenters. The maximum absolute atomic E-state index is 12.8. The molecule has 1 amide bonds. The first-order valence-electron chi connectivity index (χ1n) is 6.28. The molecule has 0 bridgehead atoms. The Hall–Kier alpha value is -1.87. The van der Waals surface area contributed by atoms with Gasteiger partial charge in [-0.05, 0) is 29.3 Å². The van der Waals surface area contributed by atoms with Crippen molar-refractivity contribution in [1.82, 2.24) is 4.90 Å². The smallest absolute Gasteiger partial charge is 0.227 e. The molecule has 0 N–H and O–H groups in total. The first-order chi connectivity index (χ1) is 9.56. The van der Waals surface area contributed by atoms with Crippen molar-refractivity contribution in [3.05, 3.63) is 70.5 Å². The molecule has 104 valence electrons. The van der Waals surface area contributed by atoms with Crippen molar-refractivity contribution in [2.45, 2.75) is 13.0 Å². The zero-order chi connectivity index (χ0) is 14.5. The van der Waals surface area contributed by atoms with Crippen LogP contribution in [0.15, 0.2) is 48.5 Å². The Kier molecular flexibility index (Phi) is 4.74. The molecule has 20 heavy (non-hydrogen) atoms. The van der Waals surface area contributed by atoms with E-state index in [1.165, 1.54) is 12.1 Å². The van der Waals surface area contributed by atoms with Gasteiger partial charge in [-0.25, -0.2) is 4.39 Å². The minimum Gasteiger partial charge on any atom is -0.341 e. The van der Waals surface area contributed by atoms with Crippen molar-refractivity contribution in [1.29, 1.82) is 0 Å². The summed E-state index contributed by atoms with van der Waals surface area (Å²) in [5.41, 5.74) is 1.70. The standard InChI is InChI=1S/C16H15ClFNO/c1-19(11-13-4-2-3-5-15(13)17)16(20)10-12-6-8-14(18)9-7-12/h2-9H,10-11H2,1H3. The van der Waals surface area contributed by atoms with Crippen molar-refractivity contribution in [3.63, 3.8) is 0 Å². The zero-order valence-electron chi connectivity index (χ0n) is 11.1. The first-order valence-corrected chi connectivity index (χ1v) is 6.66. The Bertz CT molecular complexity index is 598. The Morgan fingerprint density at radius 3 is 2.45 bits per heavy atom. The molecule has 0 radical (unpaired) electrons. The number of hydrogen-bond donors (Lipinski definition) is 0. The lowest BCUT2D eigenvalue weighted by atomic mass is 10.1. The van der Waals surface area contributed by atoms with E-state index in [9.17, 15) is 9.18 Å². The number of carbonyl (C=O) groups is 1. The lowest BCUT2D eigenvalue weighted by molar-refractivity contribution is -0.129. The van der Waals surface area contributed by atoms with E-state index in [1.54, 1.807) is 30.1 Å². The van der Waals surface area contributed by atoms with Gasteiger partial charge in [-0.1, -0.05) is 41.9 Å². The molecule has 0 heterocycles. The van der Waals surface area contributed by atoms with E-state index in [4.69, 9.17) is 11.6 Å². The van der Waals surface area contributed by atoms with Crippen molar-refractivity contribution in [2.24, 2.45) is 0 Å². The molecule has 0 aliphatic heterocycles. The van der Waals surface area contributed by atoms with Crippen LogP contribution in [0.4, 0.5) is 4.39 Å². The molecular formula is C16H15ClFNO. The average molecular weight is 292 g/mol. The van der Waals surface area contributed by atoms with Gasteiger partial charge >= 0.3 is 0 Å². The van der Waals surface area contributed by atoms with Gasteiger partial charge in [0, 0.05) is 18.6 Å². The first kappa shape index (κ1) is 14.5. The summed E-state index contributed by atoms with van der Waals surface area (Å²) in [5.74, 6) is -0.331. The Morgan fingerprint density at radius 2 is 1.80 bits per heavy atom. The summed E-state index contributed by atoms with van der Waals surface area (Å²) in [6, 6.07) is 13.4. The molecule has 2 aromatic carbocycles. The van der Waals surface area contributed by atoms with Gasteiger partial charge in [-0.3, -0.25) is 4.79 Å². The van der Waals surface area contributed by atoms with Crippen LogP contribution in [0.25, 0.3) is 0 Å². The quantitative estimate of drug-likeness (QED) is 0.841. The number of amides is 1. The third-order valence-corrected chi connectivity index (χ3v) is 3.43. The number of carbonyl (C=O) groups excluding carboxylic acids is 1. The zero-order valence-corrected chi connectivity index (χ0v) is 11.9. The number of rotatable bonds is 4. The molecule has 0 aromatic heterocycles. The van der Waals surface area contributed by atoms with E-state index in [0.29, 0.717) is 11.6 Å². The van der Waals surface area contributed by atoms with Gasteiger partial charge in [0.15, 0.2) is 0 Å². The number of likely N-dealkylation sites (N-methyl/N-ethyl adjacent to an activating group) is 1. The second kappa shape index (κ2) is 6.53. The van der Waals surface area contributed by atoms with Crippen molar-refractivity contribution in [3.8, 4) is 0 Å². The molecule has 0 spiro atoms. The maximum atomic E-state index is 12.8. The van der Waals surface area contributed by atoms with Gasteiger partial charge in [0.1, 0.15) is 5.82 Å². The molecule has 0 fully saturated rings. The molecule has 0 saturated heterocycles. The van der Waals surface area contributed by atoms with Crippen LogP contribution in [-0.4, -0.2) is 17.9 Å². The van der Waals surface area contributed by atoms with Crippen LogP contribution in [0.2, 0.25) is 5.02 Å². The summed E-state index contributed by atoms with van der Waals surface area (Å²) < 4.78 is 12.8. The molecule has 2 nitrogen and oxygen atoms in total. The number of halogens is 2. The van der Waals surface area contributed by atoms with E-state index < -0.39 is 0 Å². The van der Waals surface area contributed by atoms with Crippen LogP contribution < -0.4 is 0 Å². The normalized spacial score (nSPS) is 10.3. The highest BCUT2D eigenvalue weighted by Gasteiger charge is 2.11. The van der Waals surface area contributed by atoms with E-state index in [0.717, 1.165) is 11.1 Å². The van der Waals surface area contributed by atoms with E-state index in [2.05, 4.69) is 0 Å². The van der Waals surface area contributed by atoms with Crippen LogP contribution in [0, 0.1) is 5.82 Å². The Morgan fingerprint density at radius 1 is 1.15 bits per heavy atom. The fourth-order valence-corrected chi connectivity index (χ4v) is 2.08. The van der Waals surface area contributed by atoms with Crippen molar-refractivity contribution < 1.29 is 9.18 Å². The molecule has 0 saturated carbocycles. The molecule has 0 aliphatic rings. The van der Waals surface area contributed by atoms with Gasteiger partial charge in [-0.15, -0.1) is 0 Å². The van der Waals surface area contributed by atoms with Gasteiger partial charge in [0.05, 0.1) is 6.42 Å². The topological polar surface area (TPSA) is 20.3 Å². The SMILES string of the molecule is CN(Cc1ccccc1Cl)C(=O)Cc1ccc(F)cc1. The number of nitrogens with zero attached hydrogens (tertiary/aromatic N) is 1.